The third kappa shape index (κ3) is 3.59. The number of carbonyl (C=O) groups is 1. The first-order valence-electron chi connectivity index (χ1n) is 4.79. The number of rotatable bonds is 4. The van der Waals surface area contributed by atoms with Crippen molar-refractivity contribution in [2.45, 2.75) is 19.9 Å². The molecular weight excluding hydrogens is 192 g/mol. The largest absolute Gasteiger partial charge is 0.480 e. The van der Waals surface area contributed by atoms with Crippen LogP contribution in [0, 0.1) is 13.8 Å². The van der Waals surface area contributed by atoms with Gasteiger partial charge in [0.05, 0.1) is 0 Å². The molecule has 0 aromatic heterocycles. The number of hydrogen-bond donors (Lipinski definition) is 3. The van der Waals surface area contributed by atoms with Crippen molar-refractivity contribution in [1.82, 2.24) is 0 Å². The maximum Gasteiger partial charge on any atom is 0.322 e. The van der Waals surface area contributed by atoms with Gasteiger partial charge in [0.2, 0.25) is 0 Å². The Kier molecular flexibility index (Phi) is 3.68. The van der Waals surface area contributed by atoms with E-state index in [4.69, 9.17) is 10.8 Å². The molecule has 0 heterocycles. The van der Waals surface area contributed by atoms with Gasteiger partial charge in [0.25, 0.3) is 0 Å². The predicted octanol–water partition coefficient (Wildman–Crippen LogP) is 1.13. The Labute approximate surface area is 89.1 Å². The topological polar surface area (TPSA) is 75.3 Å². The summed E-state index contributed by atoms with van der Waals surface area (Å²) in [4.78, 5) is 10.5. The van der Waals surface area contributed by atoms with Gasteiger partial charge >= 0.3 is 5.97 Å². The molecule has 1 aromatic carbocycles. The summed E-state index contributed by atoms with van der Waals surface area (Å²) in [6.45, 7) is 4.23. The molecule has 0 radical (unpaired) electrons. The van der Waals surface area contributed by atoms with Gasteiger partial charge in [-0.15, -0.1) is 0 Å². The van der Waals surface area contributed by atoms with Gasteiger partial charge in [-0.25, -0.2) is 0 Å². The molecule has 82 valence electrons. The van der Waals surface area contributed by atoms with Crippen LogP contribution in [0.3, 0.4) is 0 Å². The van der Waals surface area contributed by atoms with Crippen LogP contribution in [0.4, 0.5) is 5.69 Å². The summed E-state index contributed by atoms with van der Waals surface area (Å²) in [5.41, 5.74) is 8.57. The molecule has 0 saturated carbocycles. The number of aliphatic carboxylic acids is 1. The molecule has 1 rings (SSSR count). The maximum atomic E-state index is 10.5. The van der Waals surface area contributed by atoms with E-state index in [1.54, 1.807) is 0 Å². The molecule has 4 N–H and O–H groups in total. The summed E-state index contributed by atoms with van der Waals surface area (Å²) >= 11 is 0. The fourth-order valence-electron chi connectivity index (χ4n) is 1.39. The van der Waals surface area contributed by atoms with Crippen molar-refractivity contribution in [3.63, 3.8) is 0 Å². The third-order valence-corrected chi connectivity index (χ3v) is 2.06. The molecule has 4 heteroatoms. The van der Waals surface area contributed by atoms with Crippen molar-refractivity contribution >= 4 is 11.7 Å². The summed E-state index contributed by atoms with van der Waals surface area (Å²) < 4.78 is 0. The zero-order valence-electron chi connectivity index (χ0n) is 8.95. The molecule has 1 aromatic rings. The van der Waals surface area contributed by atoms with E-state index in [0.717, 1.165) is 16.8 Å². The van der Waals surface area contributed by atoms with Crippen LogP contribution >= 0.6 is 0 Å². The maximum absolute atomic E-state index is 10.5. The lowest BCUT2D eigenvalue weighted by Gasteiger charge is -2.11. The van der Waals surface area contributed by atoms with Crippen LogP contribution in [0.2, 0.25) is 0 Å². The van der Waals surface area contributed by atoms with Gasteiger partial charge in [-0.1, -0.05) is 6.07 Å². The average molecular weight is 208 g/mol. The first-order valence-corrected chi connectivity index (χ1v) is 4.79. The lowest BCUT2D eigenvalue weighted by molar-refractivity contribution is -0.138. The zero-order valence-corrected chi connectivity index (χ0v) is 8.95. The molecule has 0 bridgehead atoms. The highest BCUT2D eigenvalue weighted by atomic mass is 16.4. The number of carboxylic acid groups (broad SMARTS) is 1. The quantitative estimate of drug-likeness (QED) is 0.693. The van der Waals surface area contributed by atoms with Crippen LogP contribution in [0.1, 0.15) is 11.1 Å². The molecule has 0 aliphatic heterocycles. The number of nitrogens with one attached hydrogen (secondary N) is 1. The Bertz CT molecular complexity index is 343. The fourth-order valence-corrected chi connectivity index (χ4v) is 1.39. The van der Waals surface area contributed by atoms with Gasteiger partial charge in [-0.3, -0.25) is 4.79 Å². The molecule has 0 spiro atoms. The first-order chi connectivity index (χ1) is 6.99. The lowest BCUT2D eigenvalue weighted by Crippen LogP contribution is -2.36. The lowest BCUT2D eigenvalue weighted by atomic mass is 10.1. The van der Waals surface area contributed by atoms with Gasteiger partial charge in [0.1, 0.15) is 6.04 Å². The summed E-state index contributed by atoms with van der Waals surface area (Å²) in [7, 11) is 0. The molecule has 0 fully saturated rings. The van der Waals surface area contributed by atoms with Crippen LogP contribution < -0.4 is 11.1 Å². The minimum absolute atomic E-state index is 0.234. The molecular formula is C11H16N2O2. The molecule has 0 unspecified atom stereocenters. The minimum Gasteiger partial charge on any atom is -0.480 e. The number of benzene rings is 1. The Morgan fingerprint density at radius 1 is 1.40 bits per heavy atom. The fraction of sp³-hybridized carbons (Fsp3) is 0.364. The summed E-state index contributed by atoms with van der Waals surface area (Å²) in [5.74, 6) is -0.994. The number of aryl methyl sites for hydroxylation is 2. The smallest absolute Gasteiger partial charge is 0.322 e. The molecule has 15 heavy (non-hydrogen) atoms. The Balaban J connectivity index is 2.61. The molecule has 0 amide bonds. The van der Waals surface area contributed by atoms with Crippen LogP contribution in [-0.2, 0) is 4.79 Å². The summed E-state index contributed by atoms with van der Waals surface area (Å²) in [6, 6.07) is 5.11. The first kappa shape index (κ1) is 11.5. The van der Waals surface area contributed by atoms with Crippen molar-refractivity contribution in [3.05, 3.63) is 29.3 Å². The molecule has 0 aliphatic carbocycles. The van der Waals surface area contributed by atoms with E-state index < -0.39 is 12.0 Å². The van der Waals surface area contributed by atoms with Crippen molar-refractivity contribution in [1.29, 1.82) is 0 Å². The van der Waals surface area contributed by atoms with Crippen molar-refractivity contribution in [2.24, 2.45) is 5.73 Å². The van der Waals surface area contributed by atoms with E-state index in [-0.39, 0.29) is 6.54 Å². The van der Waals surface area contributed by atoms with E-state index in [9.17, 15) is 4.79 Å². The van der Waals surface area contributed by atoms with Crippen molar-refractivity contribution < 1.29 is 9.90 Å². The van der Waals surface area contributed by atoms with Crippen LogP contribution in [-0.4, -0.2) is 23.7 Å². The van der Waals surface area contributed by atoms with Crippen molar-refractivity contribution in [3.8, 4) is 0 Å². The second-order valence-corrected chi connectivity index (χ2v) is 3.70. The van der Waals surface area contributed by atoms with Gasteiger partial charge < -0.3 is 16.2 Å². The van der Waals surface area contributed by atoms with Crippen LogP contribution in [0.25, 0.3) is 0 Å². The average Bonchev–Trinajstić information content (AvgIpc) is 2.12. The zero-order chi connectivity index (χ0) is 11.4. The SMILES string of the molecule is Cc1cc(C)cc(NC[C@H](N)C(=O)O)c1. The third-order valence-electron chi connectivity index (χ3n) is 2.06. The summed E-state index contributed by atoms with van der Waals surface area (Å²) in [5, 5.41) is 11.6. The van der Waals surface area contributed by atoms with Crippen LogP contribution in [0.5, 0.6) is 0 Å². The number of anilines is 1. The monoisotopic (exact) mass is 208 g/mol. The Hall–Kier alpha value is -1.55. The number of carboxylic acids is 1. The molecule has 4 nitrogen and oxygen atoms in total. The van der Waals surface area contributed by atoms with E-state index in [2.05, 4.69) is 11.4 Å². The minimum atomic E-state index is -0.994. The van der Waals surface area contributed by atoms with Gasteiger partial charge in [0, 0.05) is 12.2 Å². The van der Waals surface area contributed by atoms with E-state index in [1.807, 2.05) is 26.0 Å². The molecule has 0 aliphatic rings. The predicted molar refractivity (Wildman–Crippen MR) is 60.0 cm³/mol. The highest BCUT2D eigenvalue weighted by molar-refractivity contribution is 5.74. The Morgan fingerprint density at radius 3 is 2.40 bits per heavy atom. The van der Waals surface area contributed by atoms with Gasteiger partial charge in [-0.05, 0) is 37.1 Å². The van der Waals surface area contributed by atoms with E-state index >= 15 is 0 Å². The highest BCUT2D eigenvalue weighted by Gasteiger charge is 2.10. The van der Waals surface area contributed by atoms with Crippen LogP contribution in [0.15, 0.2) is 18.2 Å². The second-order valence-electron chi connectivity index (χ2n) is 3.70. The Morgan fingerprint density at radius 2 is 1.93 bits per heavy atom. The summed E-state index contributed by atoms with van der Waals surface area (Å²) in [6.07, 6.45) is 0. The second kappa shape index (κ2) is 4.79. The van der Waals surface area contributed by atoms with Gasteiger partial charge in [-0.2, -0.15) is 0 Å². The normalized spacial score (nSPS) is 12.2. The van der Waals surface area contributed by atoms with Crippen molar-refractivity contribution in [2.75, 3.05) is 11.9 Å². The molecule has 0 saturated heterocycles. The van der Waals surface area contributed by atoms with E-state index in [1.165, 1.54) is 0 Å². The highest BCUT2D eigenvalue weighted by Crippen LogP contribution is 2.13. The number of nitrogens with two attached hydrogens (primary N) is 1. The molecule has 1 atom stereocenters. The van der Waals surface area contributed by atoms with E-state index in [0.29, 0.717) is 0 Å². The standard InChI is InChI=1S/C11H16N2O2/c1-7-3-8(2)5-9(4-7)13-6-10(12)11(14)15/h3-5,10,13H,6,12H2,1-2H3,(H,14,15)/t10-/m0/s1. The van der Waals surface area contributed by atoms with Gasteiger partial charge in [0.15, 0.2) is 0 Å². The number of hydrogen-bond acceptors (Lipinski definition) is 3.